The fourth-order valence-electron chi connectivity index (χ4n) is 3.15. The van der Waals surface area contributed by atoms with Gasteiger partial charge in [0.15, 0.2) is 0 Å². The summed E-state index contributed by atoms with van der Waals surface area (Å²) in [5.41, 5.74) is 3.65. The number of benzene rings is 4. The predicted octanol–water partition coefficient (Wildman–Crippen LogP) is 4.73. The number of rotatable bonds is 6. The van der Waals surface area contributed by atoms with Crippen molar-refractivity contribution < 1.29 is 19.2 Å². The third kappa shape index (κ3) is 5.08. The molecule has 0 bridgehead atoms. The number of esters is 1. The smallest absolute Gasteiger partial charge is 0.344 e. The molecule has 8 nitrogen and oxygen atoms in total. The van der Waals surface area contributed by atoms with Gasteiger partial charge in [-0.05, 0) is 58.8 Å². The van der Waals surface area contributed by atoms with E-state index in [9.17, 15) is 19.7 Å². The van der Waals surface area contributed by atoms with Crippen LogP contribution < -0.4 is 10.2 Å². The van der Waals surface area contributed by atoms with Gasteiger partial charge in [0.25, 0.3) is 11.6 Å². The monoisotopic (exact) mass is 439 g/mol. The van der Waals surface area contributed by atoms with Crippen LogP contribution in [0.5, 0.6) is 5.75 Å². The van der Waals surface area contributed by atoms with Gasteiger partial charge < -0.3 is 4.74 Å². The minimum atomic E-state index is -0.539. The Balaban J connectivity index is 1.37. The van der Waals surface area contributed by atoms with Gasteiger partial charge >= 0.3 is 5.97 Å². The van der Waals surface area contributed by atoms with Crippen molar-refractivity contribution in [1.29, 1.82) is 0 Å². The van der Waals surface area contributed by atoms with Crippen molar-refractivity contribution in [2.75, 3.05) is 0 Å². The number of nitrogens with one attached hydrogen (secondary N) is 1. The number of non-ortho nitro benzene ring substituents is 1. The highest BCUT2D eigenvalue weighted by atomic mass is 16.6. The van der Waals surface area contributed by atoms with Crippen molar-refractivity contribution in [2.24, 2.45) is 5.10 Å². The van der Waals surface area contributed by atoms with Gasteiger partial charge in [0.2, 0.25) is 0 Å². The van der Waals surface area contributed by atoms with Crippen molar-refractivity contribution in [3.05, 3.63) is 118 Å². The molecule has 0 spiro atoms. The SMILES string of the molecule is O=C(N/N=C/c1ccc(OC(=O)c2cccc3ccccc23)cc1)c1ccc([N+](=O)[O-])cc1. The summed E-state index contributed by atoms with van der Waals surface area (Å²) in [5, 5.41) is 16.3. The van der Waals surface area contributed by atoms with Crippen molar-refractivity contribution >= 4 is 34.6 Å². The zero-order valence-electron chi connectivity index (χ0n) is 17.2. The van der Waals surface area contributed by atoms with E-state index in [0.717, 1.165) is 10.8 Å². The number of hydrogen-bond acceptors (Lipinski definition) is 6. The Kier molecular flexibility index (Phi) is 6.17. The molecule has 0 atom stereocenters. The van der Waals surface area contributed by atoms with E-state index in [1.54, 1.807) is 30.3 Å². The van der Waals surface area contributed by atoms with Gasteiger partial charge in [0, 0.05) is 17.7 Å². The van der Waals surface area contributed by atoms with Crippen LogP contribution in [0.15, 0.2) is 96.1 Å². The quantitative estimate of drug-likeness (QED) is 0.153. The van der Waals surface area contributed by atoms with Crippen molar-refractivity contribution in [3.8, 4) is 5.75 Å². The zero-order chi connectivity index (χ0) is 23.2. The Morgan fingerprint density at radius 3 is 2.30 bits per heavy atom. The van der Waals surface area contributed by atoms with Crippen LogP contribution >= 0.6 is 0 Å². The molecule has 4 aromatic carbocycles. The molecule has 0 aliphatic rings. The molecular formula is C25H17N3O5. The van der Waals surface area contributed by atoms with Crippen LogP contribution in [0.3, 0.4) is 0 Å². The van der Waals surface area contributed by atoms with Crippen molar-refractivity contribution in [3.63, 3.8) is 0 Å². The first-order valence-corrected chi connectivity index (χ1v) is 9.89. The van der Waals surface area contributed by atoms with Gasteiger partial charge in [0.05, 0.1) is 16.7 Å². The van der Waals surface area contributed by atoms with Crippen LogP contribution in [0.25, 0.3) is 10.8 Å². The Bertz CT molecular complexity index is 1360. The fraction of sp³-hybridized carbons (Fsp3) is 0. The Labute approximate surface area is 188 Å². The maximum absolute atomic E-state index is 12.6. The molecule has 1 amide bonds. The summed E-state index contributed by atoms with van der Waals surface area (Å²) < 4.78 is 5.49. The number of hydrazone groups is 1. The molecule has 0 unspecified atom stereocenters. The summed E-state index contributed by atoms with van der Waals surface area (Å²) in [6.45, 7) is 0. The predicted molar refractivity (Wildman–Crippen MR) is 124 cm³/mol. The minimum Gasteiger partial charge on any atom is -0.423 e. The lowest BCUT2D eigenvalue weighted by Gasteiger charge is -2.07. The van der Waals surface area contributed by atoms with Gasteiger partial charge in [-0.15, -0.1) is 0 Å². The second kappa shape index (κ2) is 9.52. The molecular weight excluding hydrogens is 422 g/mol. The first kappa shape index (κ1) is 21.4. The highest BCUT2D eigenvalue weighted by molar-refractivity contribution is 6.05. The topological polar surface area (TPSA) is 111 Å². The number of nitro groups is 1. The molecule has 0 aliphatic heterocycles. The van der Waals surface area contributed by atoms with Gasteiger partial charge in [-0.1, -0.05) is 36.4 Å². The van der Waals surface area contributed by atoms with Crippen LogP contribution in [0.4, 0.5) is 5.69 Å². The van der Waals surface area contributed by atoms with Crippen molar-refractivity contribution in [2.45, 2.75) is 0 Å². The minimum absolute atomic E-state index is 0.101. The number of ether oxygens (including phenoxy) is 1. The summed E-state index contributed by atoms with van der Waals surface area (Å²) in [7, 11) is 0. The molecule has 0 aliphatic carbocycles. The normalized spacial score (nSPS) is 10.8. The van der Waals surface area contributed by atoms with Crippen LogP contribution in [-0.4, -0.2) is 23.0 Å². The van der Waals surface area contributed by atoms with Crippen LogP contribution in [0.2, 0.25) is 0 Å². The van der Waals surface area contributed by atoms with E-state index >= 15 is 0 Å². The van der Waals surface area contributed by atoms with Crippen LogP contribution in [0, 0.1) is 10.1 Å². The fourth-order valence-corrected chi connectivity index (χ4v) is 3.15. The lowest BCUT2D eigenvalue weighted by molar-refractivity contribution is -0.384. The Morgan fingerprint density at radius 2 is 1.58 bits per heavy atom. The number of fused-ring (bicyclic) bond motifs is 1. The molecule has 0 saturated carbocycles. The van der Waals surface area contributed by atoms with E-state index in [-0.39, 0.29) is 11.3 Å². The van der Waals surface area contributed by atoms with Gasteiger partial charge in [0.1, 0.15) is 5.75 Å². The standard InChI is InChI=1S/C25H17N3O5/c29-24(19-10-12-20(13-11-19)28(31)32)27-26-16-17-8-14-21(15-9-17)33-25(30)23-7-3-5-18-4-1-2-6-22(18)23/h1-16H,(H,27,29)/b26-16+. The van der Waals surface area contributed by atoms with Gasteiger partial charge in [-0.25, -0.2) is 10.2 Å². The molecule has 0 heterocycles. The van der Waals surface area contributed by atoms with E-state index < -0.39 is 16.8 Å². The summed E-state index contributed by atoms with van der Waals surface area (Å²) in [4.78, 5) is 34.8. The van der Waals surface area contributed by atoms with E-state index in [1.807, 2.05) is 36.4 Å². The zero-order valence-corrected chi connectivity index (χ0v) is 17.2. The third-order valence-electron chi connectivity index (χ3n) is 4.82. The average molecular weight is 439 g/mol. The molecule has 0 fully saturated rings. The molecule has 4 aromatic rings. The molecule has 0 aromatic heterocycles. The molecule has 8 heteroatoms. The first-order chi connectivity index (χ1) is 16.0. The van der Waals surface area contributed by atoms with Crippen LogP contribution in [-0.2, 0) is 0 Å². The summed E-state index contributed by atoms with van der Waals surface area (Å²) in [6.07, 6.45) is 1.43. The Morgan fingerprint density at radius 1 is 0.879 bits per heavy atom. The van der Waals surface area contributed by atoms with Gasteiger partial charge in [-0.3, -0.25) is 14.9 Å². The summed E-state index contributed by atoms with van der Waals surface area (Å²) >= 11 is 0. The second-order valence-electron chi connectivity index (χ2n) is 6.99. The van der Waals surface area contributed by atoms with E-state index in [4.69, 9.17) is 4.74 Å². The molecule has 0 radical (unpaired) electrons. The summed E-state index contributed by atoms with van der Waals surface area (Å²) in [6, 6.07) is 24.9. The van der Waals surface area contributed by atoms with Crippen molar-refractivity contribution in [1.82, 2.24) is 5.43 Å². The second-order valence-corrected chi connectivity index (χ2v) is 6.99. The Hall–Kier alpha value is -4.85. The molecule has 1 N–H and O–H groups in total. The number of nitrogens with zero attached hydrogens (tertiary/aromatic N) is 2. The van der Waals surface area contributed by atoms with E-state index in [2.05, 4.69) is 10.5 Å². The van der Waals surface area contributed by atoms with Gasteiger partial charge in [-0.2, -0.15) is 5.10 Å². The van der Waals surface area contributed by atoms with E-state index in [0.29, 0.717) is 16.9 Å². The molecule has 0 saturated heterocycles. The average Bonchev–Trinajstić information content (AvgIpc) is 2.84. The molecule has 162 valence electrons. The molecule has 33 heavy (non-hydrogen) atoms. The highest BCUT2D eigenvalue weighted by Gasteiger charge is 2.12. The maximum Gasteiger partial charge on any atom is 0.344 e. The third-order valence-corrected chi connectivity index (χ3v) is 4.82. The lowest BCUT2D eigenvalue weighted by atomic mass is 10.0. The number of amides is 1. The summed E-state index contributed by atoms with van der Waals surface area (Å²) in [5.74, 6) is -0.578. The first-order valence-electron chi connectivity index (χ1n) is 9.89. The largest absolute Gasteiger partial charge is 0.423 e. The van der Waals surface area contributed by atoms with Crippen LogP contribution in [0.1, 0.15) is 26.3 Å². The molecule has 4 rings (SSSR count). The number of carbonyl (C=O) groups excluding carboxylic acids is 2. The number of nitro benzene ring substituents is 1. The lowest BCUT2D eigenvalue weighted by Crippen LogP contribution is -2.17. The highest BCUT2D eigenvalue weighted by Crippen LogP contribution is 2.21. The van der Waals surface area contributed by atoms with E-state index in [1.165, 1.54) is 30.5 Å². The number of hydrogen-bond donors (Lipinski definition) is 1. The maximum atomic E-state index is 12.6. The number of carbonyl (C=O) groups is 2.